The van der Waals surface area contributed by atoms with Gasteiger partial charge in [-0.05, 0) is 46.9 Å². The predicted octanol–water partition coefficient (Wildman–Crippen LogP) is 3.74. The number of phenolic OH excluding ortho intramolecular Hbond substituents is 3. The Morgan fingerprint density at radius 3 is 0.646 bits per heavy atom. The molecule has 0 atom stereocenters. The van der Waals surface area contributed by atoms with Gasteiger partial charge in [-0.25, -0.2) is 0 Å². The van der Waals surface area contributed by atoms with Crippen LogP contribution >= 0.6 is 0 Å². The fraction of sp³-hybridized carbons (Fsp3) is 0.111. The summed E-state index contributed by atoms with van der Waals surface area (Å²) >= 11 is 0. The van der Waals surface area contributed by atoms with E-state index in [4.69, 9.17) is 0 Å². The van der Waals surface area contributed by atoms with Crippen molar-refractivity contribution in [2.24, 2.45) is 0 Å². The Balaban J connectivity index is -0.00000000301. The maximum Gasteiger partial charge on any atom is 0.200 e. The number of benzene rings is 3. The topological polar surface area (TPSA) is 60.7 Å². The van der Waals surface area contributed by atoms with Crippen LogP contribution < -0.4 is 0 Å². The van der Waals surface area contributed by atoms with Gasteiger partial charge < -0.3 is 15.3 Å². The number of hydrogen-bond donors (Lipinski definition) is 3. The first-order valence-electron chi connectivity index (χ1n) is 6.85. The summed E-state index contributed by atoms with van der Waals surface area (Å²) in [4.78, 5) is 0. The van der Waals surface area contributed by atoms with Crippen molar-refractivity contribution in [3.63, 3.8) is 0 Å². The van der Waals surface area contributed by atoms with E-state index in [0.717, 1.165) is 12.0 Å². The van der Waals surface area contributed by atoms with Crippen LogP contribution in [0.25, 0.3) is 10.8 Å². The first-order valence-corrected chi connectivity index (χ1v) is 6.85. The molecule has 3 nitrogen and oxygen atoms in total. The van der Waals surface area contributed by atoms with E-state index in [1.165, 1.54) is 28.5 Å². The molecular weight excluding hydrogens is 6880 g/mol. The van der Waals surface area contributed by atoms with Gasteiger partial charge in [0.2, 0.25) is 0 Å². The Labute approximate surface area is 1820 Å². The molecule has 0 aromatic heterocycles. The summed E-state index contributed by atoms with van der Waals surface area (Å²) in [6.07, 6.45) is 1.48. The van der Waals surface area contributed by atoms with Gasteiger partial charge >= 0.3 is 0 Å². The number of phenols is 3. The minimum atomic E-state index is -0.468. The summed E-state index contributed by atoms with van der Waals surface area (Å²) in [5.74, 6) is -1.04. The average molecular weight is 6900 g/mol. The van der Waals surface area contributed by atoms with Crippen LogP contribution in [0.2, 0.25) is 0 Å². The summed E-state index contributed by atoms with van der Waals surface area (Å²) in [5, 5.41) is 30.8. The number of rotatable bonds is 3. The molecule has 0 aliphatic rings. The van der Waals surface area contributed by atoms with Crippen LogP contribution in [0.1, 0.15) is 11.1 Å². The van der Waals surface area contributed by atoms with E-state index in [2.05, 4.69) is 30.3 Å². The molecule has 0 spiro atoms. The third-order valence-electron chi connectivity index (χ3n) is 3.65. The SMILES string of the molecule is Oc1cc(CCc2ccc3ccccc3c2)cc(O)c1O.[Sm].[Sm].[Sm].[Sm].[Sm].[Sm].[Sm].[Sm].[Sm].[Sm].[Sm].[Sm].[Sm].[Sm].[Sm].[Sm].[Sm].[Sm].[Sm].[Sm].[Sm].[Sm].[Sm].[Sm].[Sm].[Sm].[Sm].[Sm].[Sm].[Sm].[Sm].[Sm].[Sm].[Sm].[Sm].[Sm].[Sm].[Sm].[Sm].[Sm].[Sm].[Sm].[Sm].[Sm]. The molecule has 3 aromatic rings. The number of fused-ring (bicyclic) bond motifs is 1. The standard InChI is InChI=1S/C18H16O3.44Sm/c19-16-10-13(11-17(20)18(16)21)6-5-12-7-8-14-3-1-2-4-15(14)9-12;;;;;;;;;;;;;;;;;;;;;;;;;;;;;;;;;;;;;;;;;;;;/h1-4,7-11,19-21H,5-6H2;;;;;;;;;;;;;;;;;;;;;;;;;;;;;;;;;;;;;;;;;;;;. The van der Waals surface area contributed by atoms with Crippen LogP contribution in [0.15, 0.2) is 54.6 Å². The Bertz CT molecular complexity index is 829. The Kier molecular flexibility index (Phi) is 943. The minimum Gasteiger partial charge on any atom is -0.504 e. The summed E-state index contributed by atoms with van der Waals surface area (Å²) in [7, 11) is 0. The second-order valence-corrected chi connectivity index (χ2v) is 5.16. The Morgan fingerprint density at radius 2 is 0.415 bits per heavy atom. The molecule has 0 saturated heterocycles. The molecule has 0 aliphatic carbocycles. The van der Waals surface area contributed by atoms with E-state index in [9.17, 15) is 15.3 Å². The van der Waals surface area contributed by atoms with Crippen molar-refractivity contribution in [1.82, 2.24) is 0 Å². The van der Waals surface area contributed by atoms with E-state index in [1.54, 1.807) is 0 Å². The molecule has 65 heavy (non-hydrogen) atoms. The van der Waals surface area contributed by atoms with Crippen LogP contribution in [0, 0.1) is 1780 Å². The van der Waals surface area contributed by atoms with Crippen molar-refractivity contribution in [2.45, 2.75) is 12.8 Å². The van der Waals surface area contributed by atoms with E-state index in [-0.39, 0.29) is 1790 Å². The van der Waals surface area contributed by atoms with Crippen LogP contribution in [-0.4, -0.2) is 15.3 Å². The van der Waals surface area contributed by atoms with E-state index in [0.29, 0.717) is 6.42 Å². The van der Waals surface area contributed by atoms with Crippen molar-refractivity contribution in [3.05, 3.63) is 65.7 Å². The zero-order chi connectivity index (χ0) is 14.8. The molecule has 0 fully saturated rings. The molecule has 0 bridgehead atoms. The van der Waals surface area contributed by atoms with Gasteiger partial charge in [0.1, 0.15) is 0 Å². The molecule has 0 saturated carbocycles. The van der Waals surface area contributed by atoms with Crippen molar-refractivity contribution < 1.29 is 1790 Å². The summed E-state index contributed by atoms with van der Waals surface area (Å²) in [6, 6.07) is 17.5. The fourth-order valence-corrected chi connectivity index (χ4v) is 2.49. The summed E-state index contributed by atoms with van der Waals surface area (Å²) in [6.45, 7) is 0. The van der Waals surface area contributed by atoms with Gasteiger partial charge in [0.25, 0.3) is 0 Å². The number of hydrogen-bond acceptors (Lipinski definition) is 3. The van der Waals surface area contributed by atoms with Crippen LogP contribution in [-0.2, 0) is 12.8 Å². The molecule has 0 heterocycles. The Hall–Kier alpha value is 56.2. The summed E-state index contributed by atoms with van der Waals surface area (Å²) < 4.78 is 0. The van der Waals surface area contributed by atoms with Gasteiger partial charge in [0, 0.05) is 1780 Å². The normalized spacial score (nSPS) is 3.51. The molecule has 3 aromatic carbocycles. The van der Waals surface area contributed by atoms with E-state index in [1.807, 2.05) is 12.1 Å². The monoisotopic (exact) mass is 6960 g/mol. The predicted molar refractivity (Wildman–Crippen MR) is 82.8 cm³/mol. The average Bonchev–Trinajstić information content (AvgIpc) is 2.50. The second-order valence-electron chi connectivity index (χ2n) is 5.16. The quantitative estimate of drug-likeness (QED) is 0.351. The van der Waals surface area contributed by atoms with Crippen molar-refractivity contribution >= 4 is 10.8 Å². The molecule has 3 N–H and O–H groups in total. The largest absolute Gasteiger partial charge is 0.504 e. The molecule has 3 rings (SSSR count). The minimum absolute atomic E-state index is 0. The molecule has 0 aliphatic heterocycles. The molecular formula is C18H16O3Sm44. The first kappa shape index (κ1) is 279. The maximum absolute atomic E-state index is 9.51. The smallest absolute Gasteiger partial charge is 0.200 e. The van der Waals surface area contributed by atoms with E-state index >= 15 is 0 Å². The third-order valence-corrected chi connectivity index (χ3v) is 3.65. The number of aryl methyl sites for hydroxylation is 2. The van der Waals surface area contributed by atoms with Crippen molar-refractivity contribution in [2.75, 3.05) is 0 Å². The van der Waals surface area contributed by atoms with Gasteiger partial charge in [-0.1, -0.05) is 42.5 Å². The van der Waals surface area contributed by atoms with Crippen LogP contribution in [0.3, 0.4) is 0 Å². The Morgan fingerprint density at radius 1 is 0.215 bits per heavy atom. The van der Waals surface area contributed by atoms with Crippen molar-refractivity contribution in [1.29, 1.82) is 0 Å². The van der Waals surface area contributed by atoms with Gasteiger partial charge in [-0.3, -0.25) is 0 Å². The van der Waals surface area contributed by atoms with Gasteiger partial charge in [-0.15, -0.1) is 0 Å². The molecule has 0 radical (unpaired) electrons. The third kappa shape index (κ3) is 178. The zero-order valence-electron chi connectivity index (χ0n) is 29.4. The zero-order valence-corrected chi connectivity index (χ0v) is 145. The molecule has 47 heteroatoms. The van der Waals surface area contributed by atoms with Gasteiger partial charge in [-0.2, -0.15) is 0 Å². The first-order chi connectivity index (χ1) is 10.1. The van der Waals surface area contributed by atoms with Crippen LogP contribution in [0.4, 0.5) is 0 Å². The van der Waals surface area contributed by atoms with Gasteiger partial charge in [0.05, 0.1) is 0 Å². The second kappa shape index (κ2) is 220. The maximum atomic E-state index is 9.51. The van der Waals surface area contributed by atoms with Gasteiger partial charge in [0.15, 0.2) is 17.2 Å². The van der Waals surface area contributed by atoms with Crippen molar-refractivity contribution in [3.8, 4) is 17.2 Å². The van der Waals surface area contributed by atoms with E-state index < -0.39 is 5.75 Å². The molecule has 370 valence electrons. The molecule has 0 amide bonds. The van der Waals surface area contributed by atoms with Crippen LogP contribution in [0.5, 0.6) is 17.2 Å². The fourth-order valence-electron chi connectivity index (χ4n) is 2.49. The summed E-state index contributed by atoms with van der Waals surface area (Å²) in [5.41, 5.74) is 1.98. The number of aromatic hydroxyl groups is 3. The molecule has 0 unspecified atom stereocenters.